The molecule has 0 amide bonds. The van der Waals surface area contributed by atoms with Gasteiger partial charge in [-0.1, -0.05) is 25.6 Å². The monoisotopic (exact) mass is 411 g/mol. The lowest BCUT2D eigenvalue weighted by atomic mass is 10.1. The quantitative estimate of drug-likeness (QED) is 0.366. The van der Waals surface area contributed by atoms with Crippen LogP contribution in [0.2, 0.25) is 0 Å². The lowest BCUT2D eigenvalue weighted by Crippen LogP contribution is -2.08. The Morgan fingerprint density at radius 3 is 2.79 bits per heavy atom. The van der Waals surface area contributed by atoms with Crippen molar-refractivity contribution in [3.05, 3.63) is 58.1 Å². The molecule has 0 fully saturated rings. The van der Waals surface area contributed by atoms with Crippen LogP contribution in [0, 0.1) is 12.8 Å². The minimum atomic E-state index is -0.443. The van der Waals surface area contributed by atoms with Gasteiger partial charge in [0.25, 0.3) is 0 Å². The highest BCUT2D eigenvalue weighted by molar-refractivity contribution is 7.98. The maximum absolute atomic E-state index is 12.0. The predicted octanol–water partition coefficient (Wildman–Crippen LogP) is 4.61. The van der Waals surface area contributed by atoms with Crippen molar-refractivity contribution in [2.45, 2.75) is 38.2 Å². The van der Waals surface area contributed by atoms with Gasteiger partial charge < -0.3 is 13.9 Å². The zero-order valence-electron chi connectivity index (χ0n) is 16.4. The Hall–Kier alpha value is -3.00. The number of nitrogens with zero attached hydrogens (tertiary/aromatic N) is 3. The van der Waals surface area contributed by atoms with Crippen LogP contribution >= 0.6 is 11.8 Å². The first-order valence-electron chi connectivity index (χ1n) is 9.29. The molecule has 0 radical (unpaired) electrons. The van der Waals surface area contributed by atoms with Gasteiger partial charge in [0.05, 0.1) is 6.26 Å². The summed E-state index contributed by atoms with van der Waals surface area (Å²) in [5, 5.41) is 20.1. The largest absolute Gasteiger partial charge is 0.508 e. The van der Waals surface area contributed by atoms with Gasteiger partial charge in [0.15, 0.2) is 16.7 Å². The lowest BCUT2D eigenvalue weighted by Gasteiger charge is -2.12. The number of benzene rings is 1. The predicted molar refractivity (Wildman–Crippen MR) is 111 cm³/mol. The molecule has 8 heteroatoms. The van der Waals surface area contributed by atoms with Gasteiger partial charge in [0.1, 0.15) is 11.3 Å². The molecular weight excluding hydrogens is 390 g/mol. The molecule has 0 aliphatic rings. The topological polar surface area (TPSA) is 94.3 Å². The first-order valence-corrected chi connectivity index (χ1v) is 10.3. The number of fused-ring (bicyclic) bond motifs is 1. The molecule has 0 atom stereocenters. The van der Waals surface area contributed by atoms with Crippen molar-refractivity contribution in [2.75, 3.05) is 0 Å². The SMILES string of the molecule is Cc1c(O)ccc2c(CSc3nnc(-c4ccco4)n3CC(C)C)cc(=O)oc12. The van der Waals surface area contributed by atoms with Crippen LogP contribution in [0.4, 0.5) is 0 Å². The Morgan fingerprint density at radius 1 is 1.24 bits per heavy atom. The number of rotatable bonds is 6. The fourth-order valence-electron chi connectivity index (χ4n) is 3.19. The molecule has 29 heavy (non-hydrogen) atoms. The number of thioether (sulfide) groups is 1. The van der Waals surface area contributed by atoms with Crippen LogP contribution in [0.5, 0.6) is 5.75 Å². The Morgan fingerprint density at radius 2 is 2.07 bits per heavy atom. The van der Waals surface area contributed by atoms with E-state index in [1.807, 2.05) is 16.7 Å². The Bertz CT molecular complexity index is 1210. The van der Waals surface area contributed by atoms with Gasteiger partial charge in [-0.2, -0.15) is 0 Å². The fourth-order valence-corrected chi connectivity index (χ4v) is 4.13. The second kappa shape index (κ2) is 7.79. The average molecular weight is 411 g/mol. The smallest absolute Gasteiger partial charge is 0.336 e. The Kier molecular flexibility index (Phi) is 5.19. The minimum Gasteiger partial charge on any atom is -0.508 e. The normalized spacial score (nSPS) is 11.6. The molecule has 150 valence electrons. The fraction of sp³-hybridized carbons (Fsp3) is 0.286. The number of furan rings is 1. The van der Waals surface area contributed by atoms with Gasteiger partial charge in [0, 0.05) is 29.3 Å². The van der Waals surface area contributed by atoms with Crippen LogP contribution in [-0.4, -0.2) is 19.9 Å². The molecular formula is C21H21N3O4S. The second-order valence-corrected chi connectivity index (χ2v) is 8.20. The molecule has 4 aromatic rings. The van der Waals surface area contributed by atoms with Gasteiger partial charge in [-0.15, -0.1) is 10.2 Å². The molecule has 0 aliphatic carbocycles. The number of hydrogen-bond donors (Lipinski definition) is 1. The summed E-state index contributed by atoms with van der Waals surface area (Å²) in [7, 11) is 0. The first kappa shape index (κ1) is 19.3. The average Bonchev–Trinajstić information content (AvgIpc) is 3.32. The summed E-state index contributed by atoms with van der Waals surface area (Å²) in [4.78, 5) is 12.0. The van der Waals surface area contributed by atoms with Crippen LogP contribution in [-0.2, 0) is 12.3 Å². The van der Waals surface area contributed by atoms with Crippen LogP contribution in [0.25, 0.3) is 22.6 Å². The van der Waals surface area contributed by atoms with Gasteiger partial charge in [-0.05, 0) is 42.7 Å². The van der Waals surface area contributed by atoms with E-state index < -0.39 is 5.63 Å². The molecule has 3 heterocycles. The van der Waals surface area contributed by atoms with Crippen molar-refractivity contribution < 1.29 is 13.9 Å². The van der Waals surface area contributed by atoms with Crippen LogP contribution in [0.1, 0.15) is 25.0 Å². The van der Waals surface area contributed by atoms with E-state index >= 15 is 0 Å². The zero-order valence-corrected chi connectivity index (χ0v) is 17.2. The van der Waals surface area contributed by atoms with E-state index in [1.54, 1.807) is 25.3 Å². The molecule has 0 saturated carbocycles. The molecule has 0 aliphatic heterocycles. The van der Waals surface area contributed by atoms with Gasteiger partial charge in [-0.25, -0.2) is 4.79 Å². The van der Waals surface area contributed by atoms with Crippen LogP contribution < -0.4 is 5.63 Å². The number of aromatic nitrogens is 3. The highest BCUT2D eigenvalue weighted by Gasteiger charge is 2.18. The van der Waals surface area contributed by atoms with Crippen molar-refractivity contribution in [3.8, 4) is 17.3 Å². The Balaban J connectivity index is 1.70. The summed E-state index contributed by atoms with van der Waals surface area (Å²) in [6, 6.07) is 8.55. The van der Waals surface area contributed by atoms with Gasteiger partial charge in [0.2, 0.25) is 0 Å². The first-order chi connectivity index (χ1) is 13.9. The molecule has 3 aromatic heterocycles. The summed E-state index contributed by atoms with van der Waals surface area (Å²) in [6.45, 7) is 6.74. The maximum Gasteiger partial charge on any atom is 0.336 e. The molecule has 1 N–H and O–H groups in total. The van der Waals surface area contributed by atoms with Gasteiger partial charge >= 0.3 is 5.63 Å². The molecule has 1 aromatic carbocycles. The van der Waals surface area contributed by atoms with Crippen molar-refractivity contribution in [2.24, 2.45) is 5.92 Å². The Labute approximate surface area is 171 Å². The highest BCUT2D eigenvalue weighted by atomic mass is 32.2. The molecule has 0 bridgehead atoms. The highest BCUT2D eigenvalue weighted by Crippen LogP contribution is 2.32. The second-order valence-electron chi connectivity index (χ2n) is 7.25. The van der Waals surface area contributed by atoms with Crippen LogP contribution in [0.15, 0.2) is 55.4 Å². The van der Waals surface area contributed by atoms with E-state index in [1.165, 1.54) is 17.8 Å². The molecule has 0 saturated heterocycles. The van der Waals surface area contributed by atoms with E-state index in [4.69, 9.17) is 8.83 Å². The van der Waals surface area contributed by atoms with E-state index in [2.05, 4.69) is 24.0 Å². The summed E-state index contributed by atoms with van der Waals surface area (Å²) < 4.78 is 12.9. The van der Waals surface area contributed by atoms with Crippen molar-refractivity contribution >= 4 is 22.7 Å². The third-order valence-corrected chi connectivity index (χ3v) is 5.60. The summed E-state index contributed by atoms with van der Waals surface area (Å²) in [5.74, 6) is 2.37. The van der Waals surface area contributed by atoms with Crippen molar-refractivity contribution in [1.82, 2.24) is 14.8 Å². The molecule has 4 rings (SSSR count). The maximum atomic E-state index is 12.0. The van der Waals surface area contributed by atoms with E-state index in [-0.39, 0.29) is 5.75 Å². The summed E-state index contributed by atoms with van der Waals surface area (Å²) >= 11 is 1.50. The number of phenolic OH excluding ortho intramolecular Hbond substituents is 1. The van der Waals surface area contributed by atoms with E-state index in [9.17, 15) is 9.90 Å². The third kappa shape index (κ3) is 3.80. The zero-order chi connectivity index (χ0) is 20.5. The molecule has 0 unspecified atom stereocenters. The standard InChI is InChI=1S/C21H21N3O4S/c1-12(2)10-24-20(17-5-4-8-27-17)22-23-21(24)29-11-14-9-18(26)28-19-13(3)16(25)7-6-15(14)19/h4-9,12,25H,10-11H2,1-3H3. The van der Waals surface area contributed by atoms with Crippen molar-refractivity contribution in [3.63, 3.8) is 0 Å². The summed E-state index contributed by atoms with van der Waals surface area (Å²) in [6.07, 6.45) is 1.61. The van der Waals surface area contributed by atoms with Crippen LogP contribution in [0.3, 0.4) is 0 Å². The molecule has 7 nitrogen and oxygen atoms in total. The molecule has 0 spiro atoms. The third-order valence-electron chi connectivity index (χ3n) is 4.58. The van der Waals surface area contributed by atoms with Gasteiger partial charge in [-0.3, -0.25) is 4.57 Å². The van der Waals surface area contributed by atoms with Crippen molar-refractivity contribution in [1.29, 1.82) is 0 Å². The number of phenols is 1. The summed E-state index contributed by atoms with van der Waals surface area (Å²) in [5.41, 5.74) is 1.34. The number of aryl methyl sites for hydroxylation is 1. The van der Waals surface area contributed by atoms with E-state index in [0.717, 1.165) is 22.7 Å². The lowest BCUT2D eigenvalue weighted by molar-refractivity contribution is 0.468. The number of hydrogen-bond acceptors (Lipinski definition) is 7. The minimum absolute atomic E-state index is 0.102. The van der Waals surface area contributed by atoms with E-state index in [0.29, 0.717) is 34.4 Å². The number of aromatic hydroxyl groups is 1.